The first-order chi connectivity index (χ1) is 17.7. The fourth-order valence-corrected chi connectivity index (χ4v) is 5.18. The predicted molar refractivity (Wildman–Crippen MR) is 138 cm³/mol. The zero-order chi connectivity index (χ0) is 24.2. The number of rotatable bonds is 3. The summed E-state index contributed by atoms with van der Waals surface area (Å²) in [5, 5.41) is 5.38. The second-order valence-corrected chi connectivity index (χ2v) is 9.35. The average Bonchev–Trinajstić information content (AvgIpc) is 3.37. The van der Waals surface area contributed by atoms with E-state index in [-0.39, 0.29) is 0 Å². The van der Waals surface area contributed by atoms with Crippen LogP contribution in [0.4, 0.5) is 0 Å². The molecule has 0 aliphatic carbocycles. The van der Waals surface area contributed by atoms with E-state index in [0.29, 0.717) is 39.8 Å². The van der Waals surface area contributed by atoms with Crippen LogP contribution in [0, 0.1) is 0 Å². The van der Waals surface area contributed by atoms with E-state index in [1.807, 2.05) is 79.1 Å². The number of aromatic nitrogens is 4. The van der Waals surface area contributed by atoms with Gasteiger partial charge in [0.25, 0.3) is 0 Å². The number of benzene rings is 3. The van der Waals surface area contributed by atoms with E-state index < -0.39 is 11.5 Å². The van der Waals surface area contributed by atoms with Crippen molar-refractivity contribution in [3.8, 4) is 23.0 Å². The molecule has 0 radical (unpaired) electrons. The lowest BCUT2D eigenvalue weighted by Crippen LogP contribution is -2.22. The van der Waals surface area contributed by atoms with Crippen LogP contribution in [-0.2, 0) is 0 Å². The largest absolute Gasteiger partial charge is 0.437 e. The van der Waals surface area contributed by atoms with Gasteiger partial charge in [0.15, 0.2) is 17.2 Å². The molecule has 0 saturated carbocycles. The van der Waals surface area contributed by atoms with Crippen molar-refractivity contribution in [1.29, 1.82) is 0 Å². The standard InChI is InChI=1S/C28H18N4O3S/c1-36-18-13-11-16(12-14-18)21-22-24(19-9-5-6-10-20(19)34-28(22)33)35-27-23(21)26-30-25(31-32(26)15-29-27)17-7-3-2-4-8-17/h2-15,21H,1H3. The molecule has 4 heterocycles. The minimum Gasteiger partial charge on any atom is -0.437 e. The van der Waals surface area contributed by atoms with Crippen molar-refractivity contribution in [1.82, 2.24) is 19.6 Å². The SMILES string of the molecule is CSc1ccc(C2c3c(c4ccccc4oc3=O)Oc3ncn4nc(-c5ccccc5)nc4c32)cc1. The summed E-state index contributed by atoms with van der Waals surface area (Å²) in [5.74, 6) is 0.938. The number of fused-ring (bicyclic) bond motifs is 6. The summed E-state index contributed by atoms with van der Waals surface area (Å²) in [7, 11) is 0. The van der Waals surface area contributed by atoms with Gasteiger partial charge in [-0.15, -0.1) is 16.9 Å². The Bertz CT molecular complexity index is 1830. The van der Waals surface area contributed by atoms with Gasteiger partial charge in [-0.1, -0.05) is 54.6 Å². The van der Waals surface area contributed by atoms with E-state index in [2.05, 4.69) is 10.1 Å². The fourth-order valence-electron chi connectivity index (χ4n) is 4.77. The van der Waals surface area contributed by atoms with Crippen molar-refractivity contribution in [2.45, 2.75) is 10.8 Å². The number of para-hydroxylation sites is 1. The molecule has 3 aromatic carbocycles. The Morgan fingerprint density at radius 3 is 2.50 bits per heavy atom. The second kappa shape index (κ2) is 8.07. The van der Waals surface area contributed by atoms with Crippen LogP contribution in [0.15, 0.2) is 99.3 Å². The van der Waals surface area contributed by atoms with Crippen LogP contribution in [0.25, 0.3) is 28.0 Å². The smallest absolute Gasteiger partial charge is 0.344 e. The number of hydrogen-bond acceptors (Lipinski definition) is 7. The lowest BCUT2D eigenvalue weighted by Gasteiger charge is -2.27. The minimum atomic E-state index is -0.496. The Balaban J connectivity index is 1.54. The van der Waals surface area contributed by atoms with Gasteiger partial charge in [-0.05, 0) is 36.1 Å². The molecule has 8 heteroatoms. The molecule has 1 atom stereocenters. The van der Waals surface area contributed by atoms with Gasteiger partial charge in [-0.25, -0.2) is 19.3 Å². The topological polar surface area (TPSA) is 82.5 Å². The van der Waals surface area contributed by atoms with E-state index in [1.165, 1.54) is 0 Å². The second-order valence-electron chi connectivity index (χ2n) is 8.47. The van der Waals surface area contributed by atoms with Gasteiger partial charge < -0.3 is 9.15 Å². The molecule has 0 amide bonds. The van der Waals surface area contributed by atoms with Crippen LogP contribution in [0.2, 0.25) is 0 Å². The van der Waals surface area contributed by atoms with E-state index in [1.54, 1.807) is 28.7 Å². The Kier molecular flexibility index (Phi) is 4.68. The minimum absolute atomic E-state index is 0.400. The zero-order valence-corrected chi connectivity index (χ0v) is 19.9. The third-order valence-corrected chi connectivity index (χ3v) is 7.19. The van der Waals surface area contributed by atoms with E-state index in [9.17, 15) is 4.79 Å². The molecule has 7 rings (SSSR count). The molecule has 7 nitrogen and oxygen atoms in total. The van der Waals surface area contributed by atoms with Gasteiger partial charge in [0.05, 0.1) is 22.4 Å². The van der Waals surface area contributed by atoms with Crippen LogP contribution in [0.5, 0.6) is 11.6 Å². The first kappa shape index (κ1) is 20.9. The average molecular weight is 491 g/mol. The summed E-state index contributed by atoms with van der Waals surface area (Å²) >= 11 is 1.66. The number of thioether (sulfide) groups is 1. The summed E-state index contributed by atoms with van der Waals surface area (Å²) in [6, 6.07) is 25.3. The molecule has 3 aromatic heterocycles. The van der Waals surface area contributed by atoms with E-state index in [0.717, 1.165) is 21.4 Å². The van der Waals surface area contributed by atoms with Gasteiger partial charge in [0.1, 0.15) is 11.9 Å². The van der Waals surface area contributed by atoms with Gasteiger partial charge >= 0.3 is 5.63 Å². The van der Waals surface area contributed by atoms with Gasteiger partial charge in [-0.3, -0.25) is 0 Å². The molecule has 174 valence electrons. The monoisotopic (exact) mass is 490 g/mol. The number of ether oxygens (including phenoxy) is 1. The molecule has 1 unspecified atom stereocenters. The summed E-state index contributed by atoms with van der Waals surface area (Å²) in [6.07, 6.45) is 3.63. The molecule has 1 aliphatic heterocycles. The molecule has 0 saturated heterocycles. The predicted octanol–water partition coefficient (Wildman–Crippen LogP) is 5.91. The van der Waals surface area contributed by atoms with Gasteiger partial charge in [0.2, 0.25) is 5.88 Å². The molecule has 0 bridgehead atoms. The molecule has 0 spiro atoms. The maximum atomic E-state index is 13.4. The first-order valence-corrected chi connectivity index (χ1v) is 12.6. The molecule has 0 N–H and O–H groups in total. The summed E-state index contributed by atoms with van der Waals surface area (Å²) in [5.41, 5.74) is 3.51. The fraction of sp³-hybridized carbons (Fsp3) is 0.0714. The summed E-state index contributed by atoms with van der Waals surface area (Å²) in [4.78, 5) is 24.0. The van der Waals surface area contributed by atoms with Crippen LogP contribution in [-0.4, -0.2) is 25.8 Å². The highest BCUT2D eigenvalue weighted by Gasteiger charge is 2.37. The Hall–Kier alpha value is -4.43. The summed E-state index contributed by atoms with van der Waals surface area (Å²) in [6.45, 7) is 0. The van der Waals surface area contributed by atoms with Crippen molar-refractivity contribution in [3.63, 3.8) is 0 Å². The Labute approximate surface area is 209 Å². The molecule has 6 aromatic rings. The normalized spacial score (nSPS) is 14.4. The highest BCUT2D eigenvalue weighted by atomic mass is 32.2. The van der Waals surface area contributed by atoms with Gasteiger partial charge in [-0.2, -0.15) is 0 Å². The highest BCUT2D eigenvalue weighted by molar-refractivity contribution is 7.98. The van der Waals surface area contributed by atoms with Gasteiger partial charge in [0, 0.05) is 10.5 Å². The van der Waals surface area contributed by atoms with Crippen LogP contribution >= 0.6 is 11.8 Å². The van der Waals surface area contributed by atoms with Crippen LogP contribution in [0.3, 0.4) is 0 Å². The molecule has 36 heavy (non-hydrogen) atoms. The van der Waals surface area contributed by atoms with Crippen molar-refractivity contribution in [2.75, 3.05) is 6.26 Å². The van der Waals surface area contributed by atoms with Crippen molar-refractivity contribution in [3.05, 3.63) is 112 Å². The summed E-state index contributed by atoms with van der Waals surface area (Å²) < 4.78 is 13.7. The Morgan fingerprint density at radius 1 is 0.917 bits per heavy atom. The third kappa shape index (κ3) is 3.15. The Morgan fingerprint density at radius 2 is 1.69 bits per heavy atom. The molecule has 1 aliphatic rings. The molecule has 0 fully saturated rings. The van der Waals surface area contributed by atoms with Crippen molar-refractivity contribution < 1.29 is 9.15 Å². The quantitative estimate of drug-likeness (QED) is 0.225. The lowest BCUT2D eigenvalue weighted by atomic mass is 9.84. The lowest BCUT2D eigenvalue weighted by molar-refractivity contribution is 0.422. The van der Waals surface area contributed by atoms with Crippen LogP contribution in [0.1, 0.15) is 22.6 Å². The van der Waals surface area contributed by atoms with E-state index in [4.69, 9.17) is 14.1 Å². The first-order valence-electron chi connectivity index (χ1n) is 11.4. The van der Waals surface area contributed by atoms with Crippen molar-refractivity contribution >= 4 is 28.4 Å². The third-order valence-electron chi connectivity index (χ3n) is 6.44. The molecular weight excluding hydrogens is 472 g/mol. The maximum absolute atomic E-state index is 13.4. The highest BCUT2D eigenvalue weighted by Crippen LogP contribution is 2.48. The zero-order valence-electron chi connectivity index (χ0n) is 19.1. The van der Waals surface area contributed by atoms with Crippen molar-refractivity contribution in [2.24, 2.45) is 0 Å². The molecular formula is C28H18N4O3S. The maximum Gasteiger partial charge on any atom is 0.344 e. The van der Waals surface area contributed by atoms with E-state index >= 15 is 0 Å². The number of nitrogens with zero attached hydrogens (tertiary/aromatic N) is 4. The number of hydrogen-bond donors (Lipinski definition) is 0. The van der Waals surface area contributed by atoms with Crippen LogP contribution < -0.4 is 10.4 Å².